The monoisotopic (exact) mass is 294 g/mol. The molecule has 0 amide bonds. The lowest BCUT2D eigenvalue weighted by Crippen LogP contribution is -2.41. The number of aromatic nitrogens is 1. The van der Waals surface area contributed by atoms with Crippen molar-refractivity contribution >= 4 is 11.3 Å². The number of rotatable bonds is 6. The predicted octanol–water partition coefficient (Wildman–Crippen LogP) is 4.58. The van der Waals surface area contributed by atoms with Gasteiger partial charge in [0.15, 0.2) is 0 Å². The van der Waals surface area contributed by atoms with Gasteiger partial charge in [-0.2, -0.15) is 0 Å². The van der Waals surface area contributed by atoms with Crippen LogP contribution in [0, 0.1) is 18.3 Å². The van der Waals surface area contributed by atoms with Gasteiger partial charge < -0.3 is 5.32 Å². The minimum atomic E-state index is 0.559. The highest BCUT2D eigenvalue weighted by Crippen LogP contribution is 2.39. The van der Waals surface area contributed by atoms with Crippen LogP contribution in [0.5, 0.6) is 0 Å². The quantitative estimate of drug-likeness (QED) is 0.830. The van der Waals surface area contributed by atoms with Crippen molar-refractivity contribution in [2.45, 2.75) is 72.3 Å². The Bertz CT molecular complexity index is 401. The van der Waals surface area contributed by atoms with E-state index in [4.69, 9.17) is 0 Å². The van der Waals surface area contributed by atoms with Gasteiger partial charge in [0.2, 0.25) is 0 Å². The van der Waals surface area contributed by atoms with E-state index in [1.54, 1.807) is 11.3 Å². The Morgan fingerprint density at radius 1 is 1.40 bits per heavy atom. The van der Waals surface area contributed by atoms with E-state index < -0.39 is 0 Å². The van der Waals surface area contributed by atoms with E-state index in [2.05, 4.69) is 43.4 Å². The third kappa shape index (κ3) is 4.56. The SMILES string of the molecule is CCCNC(Cc1csc(C)n1)C1CCC(C)(C)CC1. The van der Waals surface area contributed by atoms with Crippen LogP contribution >= 0.6 is 11.3 Å². The molecule has 0 spiro atoms. The van der Waals surface area contributed by atoms with Crippen LogP contribution in [-0.2, 0) is 6.42 Å². The summed E-state index contributed by atoms with van der Waals surface area (Å²) in [7, 11) is 0. The molecule has 20 heavy (non-hydrogen) atoms. The minimum Gasteiger partial charge on any atom is -0.313 e. The molecule has 2 nitrogen and oxygen atoms in total. The first-order valence-corrected chi connectivity index (χ1v) is 9.02. The molecule has 1 saturated carbocycles. The molecule has 0 radical (unpaired) electrons. The van der Waals surface area contributed by atoms with Gasteiger partial charge in [0.05, 0.1) is 10.7 Å². The first-order chi connectivity index (χ1) is 9.50. The van der Waals surface area contributed by atoms with E-state index in [1.165, 1.54) is 42.8 Å². The van der Waals surface area contributed by atoms with Gasteiger partial charge in [-0.15, -0.1) is 11.3 Å². The lowest BCUT2D eigenvalue weighted by atomic mass is 9.70. The zero-order valence-electron chi connectivity index (χ0n) is 13.5. The van der Waals surface area contributed by atoms with E-state index in [0.29, 0.717) is 11.5 Å². The predicted molar refractivity (Wildman–Crippen MR) is 88.4 cm³/mol. The maximum atomic E-state index is 4.66. The molecular weight excluding hydrogens is 264 g/mol. The van der Waals surface area contributed by atoms with E-state index in [1.807, 2.05) is 0 Å². The van der Waals surface area contributed by atoms with Crippen molar-refractivity contribution in [1.82, 2.24) is 10.3 Å². The fraction of sp³-hybridized carbons (Fsp3) is 0.824. The van der Waals surface area contributed by atoms with Crippen molar-refractivity contribution in [2.75, 3.05) is 6.54 Å². The maximum Gasteiger partial charge on any atom is 0.0897 e. The van der Waals surface area contributed by atoms with Crippen molar-refractivity contribution in [3.05, 3.63) is 16.1 Å². The van der Waals surface area contributed by atoms with Gasteiger partial charge in [-0.1, -0.05) is 20.8 Å². The summed E-state index contributed by atoms with van der Waals surface area (Å²) in [6.07, 6.45) is 7.81. The Hall–Kier alpha value is -0.410. The van der Waals surface area contributed by atoms with Crippen LogP contribution in [0.3, 0.4) is 0 Å². The lowest BCUT2D eigenvalue weighted by Gasteiger charge is -2.38. The second-order valence-electron chi connectivity index (χ2n) is 7.12. The summed E-state index contributed by atoms with van der Waals surface area (Å²) in [4.78, 5) is 4.66. The molecule has 0 aliphatic heterocycles. The molecular formula is C17H30N2S. The van der Waals surface area contributed by atoms with Gasteiger partial charge in [-0.05, 0) is 56.9 Å². The van der Waals surface area contributed by atoms with Gasteiger partial charge in [0.1, 0.15) is 0 Å². The van der Waals surface area contributed by atoms with Crippen LogP contribution in [0.4, 0.5) is 0 Å². The van der Waals surface area contributed by atoms with Crippen LogP contribution < -0.4 is 5.32 Å². The molecule has 1 unspecified atom stereocenters. The fourth-order valence-corrected chi connectivity index (χ4v) is 3.91. The molecule has 1 aliphatic rings. The molecule has 1 atom stereocenters. The first-order valence-electron chi connectivity index (χ1n) is 8.14. The highest BCUT2D eigenvalue weighted by Gasteiger charge is 2.31. The van der Waals surface area contributed by atoms with Gasteiger partial charge in [-0.25, -0.2) is 4.98 Å². The highest BCUT2D eigenvalue weighted by molar-refractivity contribution is 7.09. The van der Waals surface area contributed by atoms with E-state index in [0.717, 1.165) is 18.9 Å². The summed E-state index contributed by atoms with van der Waals surface area (Å²) in [6, 6.07) is 0.618. The van der Waals surface area contributed by atoms with Crippen molar-refractivity contribution in [2.24, 2.45) is 11.3 Å². The summed E-state index contributed by atoms with van der Waals surface area (Å²) in [5.41, 5.74) is 1.84. The third-order valence-electron chi connectivity index (χ3n) is 4.70. The van der Waals surface area contributed by atoms with Crippen molar-refractivity contribution in [3.8, 4) is 0 Å². The molecule has 1 fully saturated rings. The smallest absolute Gasteiger partial charge is 0.0897 e. The Labute approximate surface area is 128 Å². The minimum absolute atomic E-state index is 0.559. The zero-order chi connectivity index (χ0) is 14.6. The number of hydrogen-bond donors (Lipinski definition) is 1. The molecule has 1 aromatic rings. The van der Waals surface area contributed by atoms with Gasteiger partial charge in [0, 0.05) is 17.8 Å². The normalized spacial score (nSPS) is 21.0. The largest absolute Gasteiger partial charge is 0.313 e. The number of hydrogen-bond acceptors (Lipinski definition) is 3. The molecule has 0 aromatic carbocycles. The number of nitrogens with zero attached hydrogens (tertiary/aromatic N) is 1. The van der Waals surface area contributed by atoms with E-state index in [-0.39, 0.29) is 0 Å². The Morgan fingerprint density at radius 3 is 2.65 bits per heavy atom. The molecule has 3 heteroatoms. The van der Waals surface area contributed by atoms with Crippen LogP contribution in [0.15, 0.2) is 5.38 Å². The molecule has 1 aromatic heterocycles. The summed E-state index contributed by atoms with van der Waals surface area (Å²) < 4.78 is 0. The first kappa shape index (κ1) is 16.0. The average molecular weight is 295 g/mol. The second-order valence-corrected chi connectivity index (χ2v) is 8.19. The van der Waals surface area contributed by atoms with Crippen LogP contribution in [0.25, 0.3) is 0 Å². The van der Waals surface area contributed by atoms with Crippen molar-refractivity contribution < 1.29 is 0 Å². The molecule has 0 bridgehead atoms. The molecule has 2 rings (SSSR count). The molecule has 1 heterocycles. The third-order valence-corrected chi connectivity index (χ3v) is 5.53. The molecule has 1 N–H and O–H groups in total. The van der Waals surface area contributed by atoms with Crippen molar-refractivity contribution in [1.29, 1.82) is 0 Å². The number of aryl methyl sites for hydroxylation is 1. The van der Waals surface area contributed by atoms with Crippen LogP contribution in [0.2, 0.25) is 0 Å². The van der Waals surface area contributed by atoms with Gasteiger partial charge in [-0.3, -0.25) is 0 Å². The standard InChI is InChI=1S/C17H30N2S/c1-5-10-18-16(11-15-12-20-13(2)19-15)14-6-8-17(3,4)9-7-14/h12,14,16,18H,5-11H2,1-4H3. The van der Waals surface area contributed by atoms with Crippen LogP contribution in [0.1, 0.15) is 63.6 Å². The Kier molecular flexibility index (Phi) is 5.62. The Balaban J connectivity index is 1.96. The molecule has 0 saturated heterocycles. The Morgan fingerprint density at radius 2 is 2.10 bits per heavy atom. The molecule has 1 aliphatic carbocycles. The lowest BCUT2D eigenvalue weighted by molar-refractivity contribution is 0.160. The summed E-state index contributed by atoms with van der Waals surface area (Å²) >= 11 is 1.78. The summed E-state index contributed by atoms with van der Waals surface area (Å²) in [5, 5.41) is 7.22. The fourth-order valence-electron chi connectivity index (χ4n) is 3.29. The summed E-state index contributed by atoms with van der Waals surface area (Å²) in [5.74, 6) is 0.830. The maximum absolute atomic E-state index is 4.66. The second kappa shape index (κ2) is 7.04. The average Bonchev–Trinajstić information content (AvgIpc) is 2.80. The highest BCUT2D eigenvalue weighted by atomic mass is 32.1. The zero-order valence-corrected chi connectivity index (χ0v) is 14.4. The topological polar surface area (TPSA) is 24.9 Å². The van der Waals surface area contributed by atoms with Crippen LogP contribution in [-0.4, -0.2) is 17.6 Å². The number of nitrogens with one attached hydrogen (secondary N) is 1. The van der Waals surface area contributed by atoms with Crippen molar-refractivity contribution in [3.63, 3.8) is 0 Å². The number of thiazole rings is 1. The van der Waals surface area contributed by atoms with Gasteiger partial charge >= 0.3 is 0 Å². The molecule has 114 valence electrons. The van der Waals surface area contributed by atoms with E-state index >= 15 is 0 Å². The van der Waals surface area contributed by atoms with Gasteiger partial charge in [0.25, 0.3) is 0 Å². The van der Waals surface area contributed by atoms with E-state index in [9.17, 15) is 0 Å². The summed E-state index contributed by atoms with van der Waals surface area (Å²) in [6.45, 7) is 10.3.